The average Bonchev–Trinajstić information content (AvgIpc) is 2.54. The van der Waals surface area contributed by atoms with Gasteiger partial charge in [0.2, 0.25) is 0 Å². The number of para-hydroxylation sites is 1. The summed E-state index contributed by atoms with van der Waals surface area (Å²) in [6, 6.07) is 12.0. The first-order valence-electron chi connectivity index (χ1n) is 7.10. The van der Waals surface area contributed by atoms with Crippen LogP contribution in [0, 0.1) is 5.82 Å². The zero-order chi connectivity index (χ0) is 17.3. The van der Waals surface area contributed by atoms with Crippen molar-refractivity contribution < 1.29 is 24.2 Å². The smallest absolute Gasteiger partial charge is 0.336 e. The number of carboxylic acid groups (broad SMARTS) is 2. The van der Waals surface area contributed by atoms with E-state index in [1.165, 1.54) is 24.3 Å². The molecule has 120 valence electrons. The molecule has 6 heteroatoms. The number of carbonyl (C=O) groups is 2. The number of carboxylic acids is 2. The Labute approximate surface area is 136 Å². The molecule has 1 heterocycles. The van der Waals surface area contributed by atoms with Gasteiger partial charge in [0.05, 0.1) is 23.2 Å². The largest absolute Gasteiger partial charge is 0.481 e. The highest BCUT2D eigenvalue weighted by molar-refractivity contribution is 6.06. The minimum absolute atomic E-state index is 0.0951. The minimum atomic E-state index is -1.23. The molecule has 3 aromatic rings. The van der Waals surface area contributed by atoms with Gasteiger partial charge in [0, 0.05) is 16.5 Å². The van der Waals surface area contributed by atoms with E-state index in [2.05, 4.69) is 4.98 Å². The molecular formula is C18H12FNO4. The Morgan fingerprint density at radius 1 is 1.00 bits per heavy atom. The Hall–Kier alpha value is -3.28. The van der Waals surface area contributed by atoms with Crippen LogP contribution in [0.1, 0.15) is 15.9 Å². The monoisotopic (exact) mass is 325 g/mol. The van der Waals surface area contributed by atoms with Crippen molar-refractivity contribution >= 4 is 22.8 Å². The molecule has 5 nitrogen and oxygen atoms in total. The lowest BCUT2D eigenvalue weighted by atomic mass is 9.94. The number of halogens is 1. The maximum atomic E-state index is 13.2. The lowest BCUT2D eigenvalue weighted by molar-refractivity contribution is -0.136. The second kappa shape index (κ2) is 6.08. The third-order valence-corrected chi connectivity index (χ3v) is 3.65. The molecule has 0 atom stereocenters. The van der Waals surface area contributed by atoms with Gasteiger partial charge in [0.15, 0.2) is 0 Å². The van der Waals surface area contributed by atoms with Crippen LogP contribution in [0.4, 0.5) is 4.39 Å². The molecule has 0 aliphatic heterocycles. The number of benzene rings is 2. The van der Waals surface area contributed by atoms with Crippen molar-refractivity contribution in [2.45, 2.75) is 6.42 Å². The number of hydrogen-bond acceptors (Lipinski definition) is 3. The third kappa shape index (κ3) is 2.81. The third-order valence-electron chi connectivity index (χ3n) is 3.65. The van der Waals surface area contributed by atoms with Crippen molar-refractivity contribution in [2.24, 2.45) is 0 Å². The van der Waals surface area contributed by atoms with Crippen LogP contribution in [0.25, 0.3) is 22.2 Å². The molecule has 0 radical (unpaired) electrons. The number of fused-ring (bicyclic) bond motifs is 1. The van der Waals surface area contributed by atoms with E-state index >= 15 is 0 Å². The number of hydrogen-bond donors (Lipinski definition) is 2. The highest BCUT2D eigenvalue weighted by Crippen LogP contribution is 2.31. The van der Waals surface area contributed by atoms with Crippen LogP contribution in [0.3, 0.4) is 0 Å². The van der Waals surface area contributed by atoms with Crippen molar-refractivity contribution in [1.82, 2.24) is 4.98 Å². The topological polar surface area (TPSA) is 87.5 Å². The first-order chi connectivity index (χ1) is 11.5. The van der Waals surface area contributed by atoms with Crippen LogP contribution in [0.2, 0.25) is 0 Å². The fourth-order valence-electron chi connectivity index (χ4n) is 2.67. The molecule has 0 bridgehead atoms. The minimum Gasteiger partial charge on any atom is -0.481 e. The number of aromatic carboxylic acids is 1. The van der Waals surface area contributed by atoms with E-state index in [0.717, 1.165) is 0 Å². The normalized spacial score (nSPS) is 10.7. The molecule has 0 unspecified atom stereocenters. The number of nitrogens with zero attached hydrogens (tertiary/aromatic N) is 1. The summed E-state index contributed by atoms with van der Waals surface area (Å²) in [6.45, 7) is 0. The summed E-state index contributed by atoms with van der Waals surface area (Å²) in [5.41, 5.74) is 1.13. The van der Waals surface area contributed by atoms with E-state index in [1.807, 2.05) is 0 Å². The van der Waals surface area contributed by atoms with E-state index in [-0.39, 0.29) is 16.8 Å². The zero-order valence-corrected chi connectivity index (χ0v) is 12.4. The quantitative estimate of drug-likeness (QED) is 0.768. The molecule has 0 aliphatic rings. The Morgan fingerprint density at radius 3 is 2.29 bits per heavy atom. The first kappa shape index (κ1) is 15.6. The summed E-state index contributed by atoms with van der Waals surface area (Å²) in [5, 5.41) is 19.2. The van der Waals surface area contributed by atoms with Crippen LogP contribution < -0.4 is 0 Å². The maximum absolute atomic E-state index is 13.2. The summed E-state index contributed by atoms with van der Waals surface area (Å²) in [7, 11) is 0. The van der Waals surface area contributed by atoms with Gasteiger partial charge in [-0.25, -0.2) is 14.2 Å². The highest BCUT2D eigenvalue weighted by Gasteiger charge is 2.22. The van der Waals surface area contributed by atoms with Gasteiger partial charge in [0.25, 0.3) is 0 Å². The summed E-state index contributed by atoms with van der Waals surface area (Å²) in [5.74, 6) is -2.84. The molecule has 3 rings (SSSR count). The van der Waals surface area contributed by atoms with Gasteiger partial charge in [-0.3, -0.25) is 4.79 Å². The average molecular weight is 325 g/mol. The van der Waals surface area contributed by atoms with Gasteiger partial charge >= 0.3 is 11.9 Å². The summed E-state index contributed by atoms with van der Waals surface area (Å²) < 4.78 is 13.2. The first-order valence-corrected chi connectivity index (χ1v) is 7.10. The molecule has 0 amide bonds. The van der Waals surface area contributed by atoms with Crippen LogP contribution in [-0.4, -0.2) is 27.1 Å². The molecule has 2 N–H and O–H groups in total. The fraction of sp³-hybridized carbons (Fsp3) is 0.0556. The van der Waals surface area contributed by atoms with Crippen molar-refractivity contribution in [1.29, 1.82) is 0 Å². The molecule has 1 aromatic heterocycles. The van der Waals surface area contributed by atoms with Crippen molar-refractivity contribution in [2.75, 3.05) is 0 Å². The van der Waals surface area contributed by atoms with Gasteiger partial charge < -0.3 is 10.2 Å². The van der Waals surface area contributed by atoms with Crippen molar-refractivity contribution in [3.8, 4) is 11.3 Å². The molecule has 0 spiro atoms. The Balaban J connectivity index is 2.40. The van der Waals surface area contributed by atoms with E-state index in [4.69, 9.17) is 0 Å². The SMILES string of the molecule is O=C(O)Cc1c(-c2ccc(F)cc2)nc2ccccc2c1C(=O)O. The number of aromatic nitrogens is 1. The summed E-state index contributed by atoms with van der Waals surface area (Å²) in [6.07, 6.45) is -0.494. The summed E-state index contributed by atoms with van der Waals surface area (Å²) in [4.78, 5) is 27.4. The van der Waals surface area contributed by atoms with E-state index in [1.54, 1.807) is 24.3 Å². The molecule has 2 aromatic carbocycles. The van der Waals surface area contributed by atoms with Gasteiger partial charge in [-0.1, -0.05) is 18.2 Å². The van der Waals surface area contributed by atoms with E-state index in [9.17, 15) is 24.2 Å². The molecular weight excluding hydrogens is 313 g/mol. The van der Waals surface area contributed by atoms with Crippen LogP contribution in [0.15, 0.2) is 48.5 Å². The van der Waals surface area contributed by atoms with E-state index < -0.39 is 24.2 Å². The highest BCUT2D eigenvalue weighted by atomic mass is 19.1. The lowest BCUT2D eigenvalue weighted by Gasteiger charge is -2.14. The van der Waals surface area contributed by atoms with Gasteiger partial charge in [-0.05, 0) is 30.3 Å². The Morgan fingerprint density at radius 2 is 1.67 bits per heavy atom. The van der Waals surface area contributed by atoms with Crippen molar-refractivity contribution in [3.63, 3.8) is 0 Å². The lowest BCUT2D eigenvalue weighted by Crippen LogP contribution is -2.12. The van der Waals surface area contributed by atoms with Crippen LogP contribution in [0.5, 0.6) is 0 Å². The fourth-order valence-corrected chi connectivity index (χ4v) is 2.67. The van der Waals surface area contributed by atoms with Crippen LogP contribution in [-0.2, 0) is 11.2 Å². The van der Waals surface area contributed by atoms with Crippen LogP contribution >= 0.6 is 0 Å². The van der Waals surface area contributed by atoms with E-state index in [0.29, 0.717) is 16.5 Å². The number of rotatable bonds is 4. The molecule has 0 aliphatic carbocycles. The molecule has 24 heavy (non-hydrogen) atoms. The maximum Gasteiger partial charge on any atom is 0.336 e. The van der Waals surface area contributed by atoms with Gasteiger partial charge in [-0.2, -0.15) is 0 Å². The van der Waals surface area contributed by atoms with Crippen molar-refractivity contribution in [3.05, 3.63) is 65.5 Å². The predicted molar refractivity (Wildman–Crippen MR) is 85.4 cm³/mol. The van der Waals surface area contributed by atoms with Gasteiger partial charge in [0.1, 0.15) is 5.82 Å². The summed E-state index contributed by atoms with van der Waals surface area (Å²) >= 11 is 0. The number of aliphatic carboxylic acids is 1. The second-order valence-corrected chi connectivity index (χ2v) is 5.21. The second-order valence-electron chi connectivity index (χ2n) is 5.21. The van der Waals surface area contributed by atoms with Gasteiger partial charge in [-0.15, -0.1) is 0 Å². The molecule has 0 saturated heterocycles. The predicted octanol–water partition coefficient (Wildman–Crippen LogP) is 3.37. The molecule has 0 saturated carbocycles. The number of pyridine rings is 1. The Bertz CT molecular complexity index is 951. The molecule has 0 fully saturated rings. The zero-order valence-electron chi connectivity index (χ0n) is 12.4. The standard InChI is InChI=1S/C18H12FNO4/c19-11-7-5-10(6-8-11)17-13(9-15(21)22)16(18(23)24)12-3-1-2-4-14(12)20-17/h1-8H,9H2,(H,21,22)(H,23,24). The Kier molecular flexibility index (Phi) is 3.95.